The number of halogens is 1. The molecule has 0 atom stereocenters. The molecular weight excluding hydrogens is 256 g/mol. The Hall–Kier alpha value is -0.900. The number of aromatic nitrogens is 1. The quantitative estimate of drug-likeness (QED) is 0.917. The van der Waals surface area contributed by atoms with Crippen LogP contribution >= 0.6 is 15.9 Å². The zero-order valence-corrected chi connectivity index (χ0v) is 10.8. The van der Waals surface area contributed by atoms with E-state index in [0.29, 0.717) is 18.2 Å². The topological polar surface area (TPSA) is 42.0 Å². The maximum Gasteiger partial charge on any atom is 0.270 e. The van der Waals surface area contributed by atoms with Crippen molar-refractivity contribution in [3.8, 4) is 0 Å². The Morgan fingerprint density at radius 3 is 2.80 bits per heavy atom. The Kier molecular flexibility index (Phi) is 4.27. The van der Waals surface area contributed by atoms with E-state index in [4.69, 9.17) is 0 Å². The number of rotatable bonds is 3. The highest BCUT2D eigenvalue weighted by Gasteiger charge is 2.10. The van der Waals surface area contributed by atoms with Crippen molar-refractivity contribution < 1.29 is 4.79 Å². The van der Waals surface area contributed by atoms with Crippen LogP contribution in [0.5, 0.6) is 0 Å². The van der Waals surface area contributed by atoms with Gasteiger partial charge in [-0.2, -0.15) is 0 Å². The van der Waals surface area contributed by atoms with Crippen molar-refractivity contribution in [2.45, 2.75) is 20.8 Å². The fraction of sp³-hybridized carbons (Fsp3) is 0.455. The number of hydrogen-bond acceptors (Lipinski definition) is 2. The number of nitrogens with zero attached hydrogens (tertiary/aromatic N) is 1. The van der Waals surface area contributed by atoms with Crippen LogP contribution in [0.1, 0.15) is 29.9 Å². The molecule has 15 heavy (non-hydrogen) atoms. The molecule has 0 aliphatic rings. The summed E-state index contributed by atoms with van der Waals surface area (Å²) in [5, 5.41) is 2.84. The minimum absolute atomic E-state index is 0.103. The average molecular weight is 271 g/mol. The van der Waals surface area contributed by atoms with Gasteiger partial charge in [0.05, 0.1) is 0 Å². The summed E-state index contributed by atoms with van der Waals surface area (Å²) in [6.07, 6.45) is 1.64. The van der Waals surface area contributed by atoms with E-state index in [1.165, 1.54) is 0 Å². The SMILES string of the molecule is Cc1cc(Br)cnc1C(=O)NCC(C)C. The summed E-state index contributed by atoms with van der Waals surface area (Å²) in [5.74, 6) is 0.346. The van der Waals surface area contributed by atoms with Crippen LogP contribution < -0.4 is 5.32 Å². The largest absolute Gasteiger partial charge is 0.350 e. The molecule has 0 aliphatic carbocycles. The van der Waals surface area contributed by atoms with E-state index in [1.807, 2.05) is 13.0 Å². The fourth-order valence-corrected chi connectivity index (χ4v) is 1.60. The number of hydrogen-bond donors (Lipinski definition) is 1. The van der Waals surface area contributed by atoms with Crippen LogP contribution in [0.25, 0.3) is 0 Å². The molecule has 0 spiro atoms. The minimum Gasteiger partial charge on any atom is -0.350 e. The first kappa shape index (κ1) is 12.2. The standard InChI is InChI=1S/C11H15BrN2O/c1-7(2)5-14-11(15)10-8(3)4-9(12)6-13-10/h4,6-7H,5H2,1-3H3,(H,14,15). The molecule has 0 aromatic carbocycles. The number of nitrogens with one attached hydrogen (secondary N) is 1. The molecule has 1 rings (SSSR count). The Morgan fingerprint density at radius 1 is 1.60 bits per heavy atom. The molecule has 1 aromatic rings. The van der Waals surface area contributed by atoms with Crippen molar-refractivity contribution in [2.24, 2.45) is 5.92 Å². The highest BCUT2D eigenvalue weighted by Crippen LogP contribution is 2.12. The third kappa shape index (κ3) is 3.63. The molecular formula is C11H15BrN2O. The Bertz CT molecular complexity index is 364. The van der Waals surface area contributed by atoms with Gasteiger partial charge in [0.2, 0.25) is 0 Å². The lowest BCUT2D eigenvalue weighted by atomic mass is 10.2. The van der Waals surface area contributed by atoms with Crippen molar-refractivity contribution in [2.75, 3.05) is 6.54 Å². The summed E-state index contributed by atoms with van der Waals surface area (Å²) >= 11 is 3.31. The van der Waals surface area contributed by atoms with E-state index in [-0.39, 0.29) is 5.91 Å². The Labute approximate surface area is 98.4 Å². The van der Waals surface area contributed by atoms with Crippen molar-refractivity contribution in [3.05, 3.63) is 28.0 Å². The van der Waals surface area contributed by atoms with E-state index >= 15 is 0 Å². The van der Waals surface area contributed by atoms with Crippen LogP contribution in [0, 0.1) is 12.8 Å². The number of amides is 1. The Morgan fingerprint density at radius 2 is 2.27 bits per heavy atom. The number of carbonyl (C=O) groups is 1. The van der Waals surface area contributed by atoms with E-state index in [9.17, 15) is 4.79 Å². The third-order valence-corrected chi connectivity index (χ3v) is 2.36. The zero-order chi connectivity index (χ0) is 11.4. The molecule has 1 N–H and O–H groups in total. The van der Waals surface area contributed by atoms with Gasteiger partial charge in [0.1, 0.15) is 5.69 Å². The van der Waals surface area contributed by atoms with Gasteiger partial charge in [-0.25, -0.2) is 4.98 Å². The second-order valence-corrected chi connectivity index (χ2v) is 4.84. The number of pyridine rings is 1. The zero-order valence-electron chi connectivity index (χ0n) is 9.17. The predicted octanol–water partition coefficient (Wildman–Crippen LogP) is 2.54. The van der Waals surface area contributed by atoms with E-state index < -0.39 is 0 Å². The highest BCUT2D eigenvalue weighted by atomic mass is 79.9. The summed E-state index contributed by atoms with van der Waals surface area (Å²) in [6, 6.07) is 1.89. The molecule has 0 aliphatic heterocycles. The van der Waals surface area contributed by atoms with E-state index in [2.05, 4.69) is 40.1 Å². The van der Waals surface area contributed by atoms with Crippen LogP contribution in [-0.4, -0.2) is 17.4 Å². The first-order chi connectivity index (χ1) is 7.00. The first-order valence-electron chi connectivity index (χ1n) is 4.91. The minimum atomic E-state index is -0.103. The van der Waals surface area contributed by atoms with Crippen LogP contribution in [0.15, 0.2) is 16.7 Å². The molecule has 0 radical (unpaired) electrons. The second kappa shape index (κ2) is 5.26. The molecule has 1 aromatic heterocycles. The van der Waals surface area contributed by atoms with Gasteiger partial charge < -0.3 is 5.32 Å². The lowest BCUT2D eigenvalue weighted by Gasteiger charge is -2.08. The predicted molar refractivity (Wildman–Crippen MR) is 63.8 cm³/mol. The van der Waals surface area contributed by atoms with Gasteiger partial charge in [-0.3, -0.25) is 4.79 Å². The molecule has 0 unspecified atom stereocenters. The van der Waals surface area contributed by atoms with E-state index in [0.717, 1.165) is 10.0 Å². The van der Waals surface area contributed by atoms with Crippen molar-refractivity contribution in [3.63, 3.8) is 0 Å². The maximum atomic E-state index is 11.7. The van der Waals surface area contributed by atoms with Crippen molar-refractivity contribution in [1.82, 2.24) is 10.3 Å². The monoisotopic (exact) mass is 270 g/mol. The Balaban J connectivity index is 2.74. The molecule has 0 saturated heterocycles. The van der Waals surface area contributed by atoms with Gasteiger partial charge in [-0.1, -0.05) is 13.8 Å². The molecule has 1 heterocycles. The summed E-state index contributed by atoms with van der Waals surface area (Å²) in [5.41, 5.74) is 1.38. The van der Waals surface area contributed by atoms with E-state index in [1.54, 1.807) is 6.20 Å². The van der Waals surface area contributed by atoms with Gasteiger partial charge >= 0.3 is 0 Å². The molecule has 4 heteroatoms. The van der Waals surface area contributed by atoms with Gasteiger partial charge in [0, 0.05) is 17.2 Å². The van der Waals surface area contributed by atoms with Gasteiger partial charge in [0.25, 0.3) is 5.91 Å². The summed E-state index contributed by atoms with van der Waals surface area (Å²) in [7, 11) is 0. The molecule has 3 nitrogen and oxygen atoms in total. The van der Waals surface area contributed by atoms with Gasteiger partial charge in [-0.05, 0) is 40.4 Å². The van der Waals surface area contributed by atoms with Gasteiger partial charge in [0.15, 0.2) is 0 Å². The smallest absolute Gasteiger partial charge is 0.270 e. The lowest BCUT2D eigenvalue weighted by Crippen LogP contribution is -2.28. The van der Waals surface area contributed by atoms with Gasteiger partial charge in [-0.15, -0.1) is 0 Å². The van der Waals surface area contributed by atoms with Crippen LogP contribution in [0.2, 0.25) is 0 Å². The van der Waals surface area contributed by atoms with Crippen LogP contribution in [0.3, 0.4) is 0 Å². The number of carbonyl (C=O) groups excluding carboxylic acids is 1. The molecule has 0 fully saturated rings. The second-order valence-electron chi connectivity index (χ2n) is 3.92. The fourth-order valence-electron chi connectivity index (χ4n) is 1.16. The van der Waals surface area contributed by atoms with Crippen molar-refractivity contribution >= 4 is 21.8 Å². The summed E-state index contributed by atoms with van der Waals surface area (Å²) < 4.78 is 0.889. The maximum absolute atomic E-state index is 11.7. The molecule has 82 valence electrons. The van der Waals surface area contributed by atoms with Crippen LogP contribution in [-0.2, 0) is 0 Å². The highest BCUT2D eigenvalue weighted by molar-refractivity contribution is 9.10. The number of aryl methyl sites for hydroxylation is 1. The molecule has 1 amide bonds. The first-order valence-corrected chi connectivity index (χ1v) is 5.70. The van der Waals surface area contributed by atoms with Crippen molar-refractivity contribution in [1.29, 1.82) is 0 Å². The normalized spacial score (nSPS) is 10.5. The summed E-state index contributed by atoms with van der Waals surface area (Å²) in [6.45, 7) is 6.67. The average Bonchev–Trinajstić information content (AvgIpc) is 2.14. The lowest BCUT2D eigenvalue weighted by molar-refractivity contribution is 0.0943. The third-order valence-electron chi connectivity index (χ3n) is 1.93. The summed E-state index contributed by atoms with van der Waals surface area (Å²) in [4.78, 5) is 15.8. The molecule has 0 bridgehead atoms. The van der Waals surface area contributed by atoms with Crippen LogP contribution in [0.4, 0.5) is 0 Å². The molecule has 0 saturated carbocycles.